The van der Waals surface area contributed by atoms with Crippen LogP contribution in [-0.4, -0.2) is 36.3 Å². The molecule has 0 radical (unpaired) electrons. The van der Waals surface area contributed by atoms with E-state index in [4.69, 9.17) is 9.47 Å². The molecule has 0 aromatic heterocycles. The van der Waals surface area contributed by atoms with E-state index < -0.39 is 5.79 Å². The van der Waals surface area contributed by atoms with Crippen LogP contribution in [0.4, 0.5) is 5.69 Å². The van der Waals surface area contributed by atoms with Crippen molar-refractivity contribution in [1.29, 1.82) is 0 Å². The fourth-order valence-corrected chi connectivity index (χ4v) is 3.42. The third-order valence-electron chi connectivity index (χ3n) is 3.87. The van der Waals surface area contributed by atoms with Gasteiger partial charge in [0.15, 0.2) is 11.5 Å². The van der Waals surface area contributed by atoms with Gasteiger partial charge in [-0.25, -0.2) is 0 Å². The molecular formula is C16H19NO5S. The molecule has 7 heteroatoms. The Bertz CT molecular complexity index is 612. The molecule has 2 aliphatic rings. The highest BCUT2D eigenvalue weighted by molar-refractivity contribution is 8.00. The van der Waals surface area contributed by atoms with Gasteiger partial charge in [-0.2, -0.15) is 0 Å². The van der Waals surface area contributed by atoms with Crippen LogP contribution in [0.2, 0.25) is 0 Å². The molecule has 1 aliphatic heterocycles. The van der Waals surface area contributed by atoms with Crippen LogP contribution in [-0.2, 0) is 14.3 Å². The van der Waals surface area contributed by atoms with Gasteiger partial charge in [-0.15, -0.1) is 11.8 Å². The Hall–Kier alpha value is -1.89. The summed E-state index contributed by atoms with van der Waals surface area (Å²) in [6.07, 6.45) is 4.01. The van der Waals surface area contributed by atoms with E-state index in [1.54, 1.807) is 12.1 Å². The number of carbonyl (C=O) groups is 2. The normalized spacial score (nSPS) is 17.3. The molecule has 1 N–H and O–H groups in total. The molecule has 6 nitrogen and oxygen atoms in total. The molecule has 1 aliphatic carbocycles. The first kappa shape index (κ1) is 16.0. The standard InChI is InChI=1S/C16H19NO5S/c1-20-15(19)10-23-9-14(18)17-11-4-5-12-13(8-11)22-16(21-12)6-2-3-7-16/h4-5,8H,2-3,6-7,9-10H2,1H3,(H,17,18). The lowest BCUT2D eigenvalue weighted by molar-refractivity contribution is -0.137. The van der Waals surface area contributed by atoms with E-state index in [1.807, 2.05) is 6.07 Å². The van der Waals surface area contributed by atoms with Gasteiger partial charge in [-0.1, -0.05) is 0 Å². The van der Waals surface area contributed by atoms with E-state index in [0.29, 0.717) is 11.4 Å². The molecule has 0 atom stereocenters. The second-order valence-corrected chi connectivity index (χ2v) is 6.59. The number of amides is 1. The van der Waals surface area contributed by atoms with Crippen molar-refractivity contribution < 1.29 is 23.8 Å². The van der Waals surface area contributed by atoms with Crippen LogP contribution in [0, 0.1) is 0 Å². The number of anilines is 1. The largest absolute Gasteiger partial charge is 0.468 e. The number of fused-ring (bicyclic) bond motifs is 1. The van der Waals surface area contributed by atoms with Crippen LogP contribution in [0.1, 0.15) is 25.7 Å². The zero-order valence-corrected chi connectivity index (χ0v) is 13.7. The molecule has 1 aromatic rings. The topological polar surface area (TPSA) is 73.9 Å². The van der Waals surface area contributed by atoms with Crippen molar-refractivity contribution in [2.75, 3.05) is 23.9 Å². The maximum absolute atomic E-state index is 11.9. The quantitative estimate of drug-likeness (QED) is 0.833. The van der Waals surface area contributed by atoms with E-state index in [1.165, 1.54) is 18.9 Å². The minimum atomic E-state index is -0.499. The lowest BCUT2D eigenvalue weighted by atomic mass is 10.2. The molecule has 1 spiro atoms. The fraction of sp³-hybridized carbons (Fsp3) is 0.500. The minimum absolute atomic E-state index is 0.160. The lowest BCUT2D eigenvalue weighted by Gasteiger charge is -2.21. The number of hydrogen-bond acceptors (Lipinski definition) is 6. The zero-order valence-electron chi connectivity index (χ0n) is 12.9. The van der Waals surface area contributed by atoms with Gasteiger partial charge in [-0.05, 0) is 25.0 Å². The molecule has 1 fully saturated rings. The Labute approximate surface area is 138 Å². The fourth-order valence-electron chi connectivity index (χ4n) is 2.77. The third-order valence-corrected chi connectivity index (χ3v) is 4.77. The van der Waals surface area contributed by atoms with Gasteiger partial charge in [0, 0.05) is 24.6 Å². The Kier molecular flexibility index (Phi) is 4.66. The average molecular weight is 337 g/mol. The van der Waals surface area contributed by atoms with Crippen molar-refractivity contribution in [2.45, 2.75) is 31.5 Å². The molecule has 1 aromatic carbocycles. The van der Waals surface area contributed by atoms with Crippen molar-refractivity contribution in [3.8, 4) is 11.5 Å². The van der Waals surface area contributed by atoms with E-state index in [9.17, 15) is 9.59 Å². The summed E-state index contributed by atoms with van der Waals surface area (Å²) in [5.41, 5.74) is 0.658. The molecule has 1 heterocycles. The summed E-state index contributed by atoms with van der Waals surface area (Å²) in [6.45, 7) is 0. The second kappa shape index (κ2) is 6.70. The Morgan fingerprint density at radius 3 is 2.70 bits per heavy atom. The smallest absolute Gasteiger partial charge is 0.315 e. The average Bonchev–Trinajstić information content (AvgIpc) is 3.13. The number of carbonyl (C=O) groups excluding carboxylic acids is 2. The maximum Gasteiger partial charge on any atom is 0.315 e. The number of ether oxygens (including phenoxy) is 3. The number of methoxy groups -OCH3 is 1. The first-order valence-electron chi connectivity index (χ1n) is 7.57. The van der Waals surface area contributed by atoms with Crippen LogP contribution in [0.5, 0.6) is 11.5 Å². The van der Waals surface area contributed by atoms with Crippen LogP contribution in [0.15, 0.2) is 18.2 Å². The molecule has 0 saturated heterocycles. The molecule has 0 bridgehead atoms. The van der Waals surface area contributed by atoms with Gasteiger partial charge in [0.25, 0.3) is 5.79 Å². The third kappa shape index (κ3) is 3.72. The van der Waals surface area contributed by atoms with Gasteiger partial charge in [-0.3, -0.25) is 9.59 Å². The summed E-state index contributed by atoms with van der Waals surface area (Å²) in [4.78, 5) is 22.9. The van der Waals surface area contributed by atoms with Gasteiger partial charge in [0.2, 0.25) is 5.91 Å². The summed E-state index contributed by atoms with van der Waals surface area (Å²) >= 11 is 1.21. The number of hydrogen-bond donors (Lipinski definition) is 1. The summed E-state index contributed by atoms with van der Waals surface area (Å²) in [6, 6.07) is 5.39. The number of nitrogens with one attached hydrogen (secondary N) is 1. The van der Waals surface area contributed by atoms with Crippen LogP contribution in [0.3, 0.4) is 0 Å². The Morgan fingerprint density at radius 1 is 1.22 bits per heavy atom. The van der Waals surface area contributed by atoms with Crippen LogP contribution in [0.25, 0.3) is 0 Å². The van der Waals surface area contributed by atoms with Crippen molar-refractivity contribution in [1.82, 2.24) is 0 Å². The summed E-state index contributed by atoms with van der Waals surface area (Å²) in [7, 11) is 1.33. The first-order chi connectivity index (χ1) is 11.1. The van der Waals surface area contributed by atoms with Crippen LogP contribution < -0.4 is 14.8 Å². The Morgan fingerprint density at radius 2 is 1.96 bits per heavy atom. The van der Waals surface area contributed by atoms with Gasteiger partial charge < -0.3 is 19.5 Å². The molecule has 1 saturated carbocycles. The van der Waals surface area contributed by atoms with Crippen molar-refractivity contribution in [2.24, 2.45) is 0 Å². The Balaban J connectivity index is 1.54. The number of rotatable bonds is 5. The molecule has 3 rings (SSSR count). The van der Waals surface area contributed by atoms with E-state index in [2.05, 4.69) is 10.1 Å². The number of thioether (sulfide) groups is 1. The van der Waals surface area contributed by atoms with Crippen LogP contribution >= 0.6 is 11.8 Å². The van der Waals surface area contributed by atoms with Gasteiger partial charge >= 0.3 is 5.97 Å². The summed E-state index contributed by atoms with van der Waals surface area (Å²) in [5, 5.41) is 2.79. The van der Waals surface area contributed by atoms with Crippen molar-refractivity contribution in [3.05, 3.63) is 18.2 Å². The monoisotopic (exact) mass is 337 g/mol. The molecule has 23 heavy (non-hydrogen) atoms. The minimum Gasteiger partial charge on any atom is -0.468 e. The predicted molar refractivity (Wildman–Crippen MR) is 86.9 cm³/mol. The predicted octanol–water partition coefficient (Wildman–Crippen LogP) is 2.57. The SMILES string of the molecule is COC(=O)CSCC(=O)Nc1ccc2c(c1)OC1(CCCC1)O2. The lowest BCUT2D eigenvalue weighted by Crippen LogP contribution is -2.34. The second-order valence-electron chi connectivity index (χ2n) is 5.60. The molecule has 1 amide bonds. The van der Waals surface area contributed by atoms with E-state index in [0.717, 1.165) is 31.4 Å². The zero-order chi connectivity index (χ0) is 16.3. The molecule has 0 unspecified atom stereocenters. The maximum atomic E-state index is 11.9. The number of esters is 1. The first-order valence-corrected chi connectivity index (χ1v) is 8.72. The number of benzene rings is 1. The van der Waals surface area contributed by atoms with Gasteiger partial charge in [0.05, 0.1) is 18.6 Å². The van der Waals surface area contributed by atoms with E-state index in [-0.39, 0.29) is 23.4 Å². The summed E-state index contributed by atoms with van der Waals surface area (Å²) in [5.74, 6) is 0.737. The summed E-state index contributed by atoms with van der Waals surface area (Å²) < 4.78 is 16.4. The van der Waals surface area contributed by atoms with Crippen molar-refractivity contribution >= 4 is 29.3 Å². The van der Waals surface area contributed by atoms with Gasteiger partial charge in [0.1, 0.15) is 0 Å². The molecular weight excluding hydrogens is 318 g/mol. The highest BCUT2D eigenvalue weighted by Gasteiger charge is 2.44. The highest BCUT2D eigenvalue weighted by Crippen LogP contribution is 2.47. The highest BCUT2D eigenvalue weighted by atomic mass is 32.2. The van der Waals surface area contributed by atoms with Crippen molar-refractivity contribution in [3.63, 3.8) is 0 Å². The molecule has 124 valence electrons. The van der Waals surface area contributed by atoms with E-state index >= 15 is 0 Å².